The van der Waals surface area contributed by atoms with E-state index in [1.807, 2.05) is 38.1 Å². The van der Waals surface area contributed by atoms with Gasteiger partial charge in [-0.2, -0.15) is 0 Å². The van der Waals surface area contributed by atoms with Crippen molar-refractivity contribution in [1.82, 2.24) is 15.2 Å². The Morgan fingerprint density at radius 1 is 1.21 bits per heavy atom. The number of carbonyl (C=O) groups is 1. The summed E-state index contributed by atoms with van der Waals surface area (Å²) in [6.45, 7) is 3.96. The molecule has 6 nitrogen and oxygen atoms in total. The molecule has 2 heterocycles. The van der Waals surface area contributed by atoms with E-state index in [2.05, 4.69) is 20.5 Å². The highest BCUT2D eigenvalue weighted by molar-refractivity contribution is 5.91. The van der Waals surface area contributed by atoms with E-state index in [1.165, 1.54) is 0 Å². The molecule has 0 aliphatic heterocycles. The van der Waals surface area contributed by atoms with Crippen molar-refractivity contribution in [3.05, 3.63) is 59.7 Å². The maximum absolute atomic E-state index is 12.1. The lowest BCUT2D eigenvalue weighted by atomic mass is 10.1. The Labute approximate surface area is 140 Å². The summed E-state index contributed by atoms with van der Waals surface area (Å²) in [5.74, 6) is 0.767. The molecule has 24 heavy (non-hydrogen) atoms. The Balaban J connectivity index is 1.59. The predicted octanol–water partition coefficient (Wildman–Crippen LogP) is 3.32. The van der Waals surface area contributed by atoms with Crippen LogP contribution in [0.2, 0.25) is 0 Å². The van der Waals surface area contributed by atoms with E-state index in [0.717, 1.165) is 22.4 Å². The second kappa shape index (κ2) is 7.04. The van der Waals surface area contributed by atoms with Gasteiger partial charge >= 0.3 is 0 Å². The van der Waals surface area contributed by atoms with Gasteiger partial charge in [0.25, 0.3) is 0 Å². The standard InChI is InChI=1S/C18H18N4O2/c1-12-5-6-13(2)15(10-12)20-16(23)7-8-17-21-22-18(24-17)14-4-3-9-19-11-14/h3-6,9-11H,7-8H2,1-2H3,(H,20,23). The van der Waals surface area contributed by atoms with Crippen LogP contribution >= 0.6 is 0 Å². The molecule has 0 spiro atoms. The summed E-state index contributed by atoms with van der Waals surface area (Å²) in [5, 5.41) is 10.9. The van der Waals surface area contributed by atoms with Crippen LogP contribution in [0.1, 0.15) is 23.4 Å². The zero-order chi connectivity index (χ0) is 16.9. The van der Waals surface area contributed by atoms with Crippen LogP contribution in [0.4, 0.5) is 5.69 Å². The zero-order valence-corrected chi connectivity index (χ0v) is 13.6. The predicted molar refractivity (Wildman–Crippen MR) is 90.4 cm³/mol. The smallest absolute Gasteiger partial charge is 0.249 e. The lowest BCUT2D eigenvalue weighted by Crippen LogP contribution is -2.13. The Morgan fingerprint density at radius 3 is 2.88 bits per heavy atom. The van der Waals surface area contributed by atoms with Gasteiger partial charge in [0.2, 0.25) is 17.7 Å². The van der Waals surface area contributed by atoms with Crippen molar-refractivity contribution in [2.75, 3.05) is 5.32 Å². The fourth-order valence-electron chi connectivity index (χ4n) is 2.26. The van der Waals surface area contributed by atoms with Crippen molar-refractivity contribution in [3.63, 3.8) is 0 Å². The normalized spacial score (nSPS) is 10.6. The van der Waals surface area contributed by atoms with Crippen LogP contribution < -0.4 is 5.32 Å². The van der Waals surface area contributed by atoms with Crippen LogP contribution in [0, 0.1) is 13.8 Å². The topological polar surface area (TPSA) is 80.9 Å². The average Bonchev–Trinajstić information content (AvgIpc) is 3.06. The molecule has 6 heteroatoms. The van der Waals surface area contributed by atoms with Gasteiger partial charge in [0, 0.05) is 30.9 Å². The van der Waals surface area contributed by atoms with Gasteiger partial charge in [0.15, 0.2) is 0 Å². The molecule has 0 unspecified atom stereocenters. The molecule has 0 atom stereocenters. The van der Waals surface area contributed by atoms with Gasteiger partial charge in [0.1, 0.15) is 0 Å². The molecule has 122 valence electrons. The quantitative estimate of drug-likeness (QED) is 0.779. The molecule has 3 rings (SSSR count). The van der Waals surface area contributed by atoms with Crippen molar-refractivity contribution < 1.29 is 9.21 Å². The fraction of sp³-hybridized carbons (Fsp3) is 0.222. The number of nitrogens with zero attached hydrogens (tertiary/aromatic N) is 3. The number of aryl methyl sites for hydroxylation is 3. The summed E-state index contributed by atoms with van der Waals surface area (Å²) in [7, 11) is 0. The highest BCUT2D eigenvalue weighted by atomic mass is 16.4. The second-order valence-corrected chi connectivity index (χ2v) is 5.61. The Kier molecular flexibility index (Phi) is 4.65. The van der Waals surface area contributed by atoms with Crippen molar-refractivity contribution in [2.45, 2.75) is 26.7 Å². The first-order chi connectivity index (χ1) is 11.6. The molecule has 2 aromatic heterocycles. The van der Waals surface area contributed by atoms with Crippen molar-refractivity contribution in [3.8, 4) is 11.5 Å². The number of hydrogen-bond acceptors (Lipinski definition) is 5. The molecule has 1 amide bonds. The molecule has 0 bridgehead atoms. The SMILES string of the molecule is Cc1ccc(C)c(NC(=O)CCc2nnc(-c3cccnc3)o2)c1. The van der Waals surface area contributed by atoms with Crippen LogP contribution in [0.25, 0.3) is 11.5 Å². The molecular weight excluding hydrogens is 304 g/mol. The van der Waals surface area contributed by atoms with Gasteiger partial charge in [-0.3, -0.25) is 9.78 Å². The number of rotatable bonds is 5. The average molecular weight is 322 g/mol. The Hall–Kier alpha value is -3.02. The number of benzene rings is 1. The number of aromatic nitrogens is 3. The number of hydrogen-bond donors (Lipinski definition) is 1. The van der Waals surface area contributed by atoms with E-state index in [9.17, 15) is 4.79 Å². The monoisotopic (exact) mass is 322 g/mol. The van der Waals surface area contributed by atoms with E-state index < -0.39 is 0 Å². The molecular formula is C18H18N4O2. The third-order valence-electron chi connectivity index (χ3n) is 3.61. The number of carbonyl (C=O) groups excluding carboxylic acids is 1. The third-order valence-corrected chi connectivity index (χ3v) is 3.61. The van der Waals surface area contributed by atoms with E-state index in [0.29, 0.717) is 18.2 Å². The van der Waals surface area contributed by atoms with Crippen LogP contribution in [0.3, 0.4) is 0 Å². The van der Waals surface area contributed by atoms with E-state index in [4.69, 9.17) is 4.42 Å². The van der Waals surface area contributed by atoms with Crippen LogP contribution in [0.15, 0.2) is 47.1 Å². The minimum Gasteiger partial charge on any atom is -0.421 e. The summed E-state index contributed by atoms with van der Waals surface area (Å²) in [6.07, 6.45) is 4.01. The van der Waals surface area contributed by atoms with Crippen molar-refractivity contribution >= 4 is 11.6 Å². The van der Waals surface area contributed by atoms with E-state index >= 15 is 0 Å². The highest BCUT2D eigenvalue weighted by Gasteiger charge is 2.11. The maximum Gasteiger partial charge on any atom is 0.249 e. The number of anilines is 1. The maximum atomic E-state index is 12.1. The number of nitrogens with one attached hydrogen (secondary N) is 1. The summed E-state index contributed by atoms with van der Waals surface area (Å²) in [6, 6.07) is 9.61. The first-order valence-electron chi connectivity index (χ1n) is 7.72. The van der Waals surface area contributed by atoms with Gasteiger partial charge < -0.3 is 9.73 Å². The zero-order valence-electron chi connectivity index (χ0n) is 13.6. The second-order valence-electron chi connectivity index (χ2n) is 5.61. The minimum atomic E-state index is -0.0789. The molecule has 3 aromatic rings. The fourth-order valence-corrected chi connectivity index (χ4v) is 2.26. The molecule has 0 saturated carbocycles. The Bertz CT molecular complexity index is 843. The highest BCUT2D eigenvalue weighted by Crippen LogP contribution is 2.18. The summed E-state index contributed by atoms with van der Waals surface area (Å²) >= 11 is 0. The molecule has 0 aliphatic carbocycles. The minimum absolute atomic E-state index is 0.0789. The van der Waals surface area contributed by atoms with Crippen LogP contribution in [-0.2, 0) is 11.2 Å². The third kappa shape index (κ3) is 3.84. The van der Waals surface area contributed by atoms with Crippen molar-refractivity contribution in [2.24, 2.45) is 0 Å². The Morgan fingerprint density at radius 2 is 2.08 bits per heavy atom. The van der Waals surface area contributed by atoms with Crippen LogP contribution in [0.5, 0.6) is 0 Å². The van der Waals surface area contributed by atoms with Crippen molar-refractivity contribution in [1.29, 1.82) is 0 Å². The first kappa shape index (κ1) is 15.9. The largest absolute Gasteiger partial charge is 0.421 e. The lowest BCUT2D eigenvalue weighted by Gasteiger charge is -2.08. The summed E-state index contributed by atoms with van der Waals surface area (Å²) in [5.41, 5.74) is 3.73. The van der Waals surface area contributed by atoms with Gasteiger partial charge in [-0.25, -0.2) is 0 Å². The van der Waals surface area contributed by atoms with E-state index in [-0.39, 0.29) is 12.3 Å². The molecule has 0 radical (unpaired) electrons. The number of amides is 1. The van der Waals surface area contributed by atoms with Crippen LogP contribution in [-0.4, -0.2) is 21.1 Å². The van der Waals surface area contributed by atoms with Gasteiger partial charge in [-0.15, -0.1) is 10.2 Å². The molecule has 1 aromatic carbocycles. The molecule has 0 fully saturated rings. The first-order valence-corrected chi connectivity index (χ1v) is 7.72. The van der Waals surface area contributed by atoms with Gasteiger partial charge in [-0.05, 0) is 43.2 Å². The van der Waals surface area contributed by atoms with E-state index in [1.54, 1.807) is 18.5 Å². The van der Waals surface area contributed by atoms with Gasteiger partial charge in [0.05, 0.1) is 5.56 Å². The molecule has 0 aliphatic rings. The lowest BCUT2D eigenvalue weighted by molar-refractivity contribution is -0.116. The summed E-state index contributed by atoms with van der Waals surface area (Å²) in [4.78, 5) is 16.1. The molecule has 0 saturated heterocycles. The molecule has 1 N–H and O–H groups in total. The number of pyridine rings is 1. The van der Waals surface area contributed by atoms with Gasteiger partial charge in [-0.1, -0.05) is 12.1 Å². The summed E-state index contributed by atoms with van der Waals surface area (Å²) < 4.78 is 5.57.